The quantitative estimate of drug-likeness (QED) is 0.738. The van der Waals surface area contributed by atoms with Crippen LogP contribution in [-0.4, -0.2) is 12.4 Å². The summed E-state index contributed by atoms with van der Waals surface area (Å²) in [5.41, 5.74) is 0.790. The summed E-state index contributed by atoms with van der Waals surface area (Å²) < 4.78 is 5.63. The second kappa shape index (κ2) is 6.64. The first kappa shape index (κ1) is 14.6. The summed E-state index contributed by atoms with van der Waals surface area (Å²) >= 11 is 0. The first-order valence-electron chi connectivity index (χ1n) is 8.55. The molecule has 0 aliphatic heterocycles. The van der Waals surface area contributed by atoms with E-state index in [9.17, 15) is 4.79 Å². The molecule has 3 rings (SSSR count). The van der Waals surface area contributed by atoms with Crippen molar-refractivity contribution in [2.75, 3.05) is 6.61 Å². The highest BCUT2D eigenvalue weighted by Gasteiger charge is 2.35. The molecule has 0 aromatic heterocycles. The van der Waals surface area contributed by atoms with Crippen molar-refractivity contribution in [1.82, 2.24) is 0 Å². The van der Waals surface area contributed by atoms with Crippen molar-refractivity contribution in [3.05, 3.63) is 29.8 Å². The lowest BCUT2D eigenvalue weighted by Gasteiger charge is -2.38. The highest BCUT2D eigenvalue weighted by Crippen LogP contribution is 2.43. The van der Waals surface area contributed by atoms with E-state index in [1.54, 1.807) is 0 Å². The molecule has 0 amide bonds. The van der Waals surface area contributed by atoms with Crippen LogP contribution in [0.25, 0.3) is 0 Å². The highest BCUT2D eigenvalue weighted by molar-refractivity contribution is 6.00. The minimum Gasteiger partial charge on any atom is -0.493 e. The molecule has 2 heteroatoms. The van der Waals surface area contributed by atoms with Crippen molar-refractivity contribution in [3.63, 3.8) is 0 Å². The van der Waals surface area contributed by atoms with Crippen LogP contribution in [-0.2, 0) is 0 Å². The van der Waals surface area contributed by atoms with Gasteiger partial charge in [0.2, 0.25) is 0 Å². The number of benzene rings is 1. The number of ketones is 1. The zero-order valence-electron chi connectivity index (χ0n) is 13.0. The maximum absolute atomic E-state index is 12.9. The number of ether oxygens (including phenoxy) is 1. The summed E-state index contributed by atoms with van der Waals surface area (Å²) in [5.74, 6) is 2.97. The van der Waals surface area contributed by atoms with Gasteiger partial charge in [0.1, 0.15) is 5.75 Å². The maximum atomic E-state index is 12.9. The number of hydrogen-bond acceptors (Lipinski definition) is 2. The van der Waals surface area contributed by atoms with E-state index in [0.717, 1.165) is 36.0 Å². The Balaban J connectivity index is 1.73. The molecule has 3 unspecified atom stereocenters. The normalized spacial score (nSPS) is 28.7. The van der Waals surface area contributed by atoms with E-state index in [1.807, 2.05) is 31.2 Å². The predicted octanol–water partition coefficient (Wildman–Crippen LogP) is 4.87. The number of para-hydroxylation sites is 1. The molecule has 2 aliphatic rings. The topological polar surface area (TPSA) is 26.3 Å². The third-order valence-corrected chi connectivity index (χ3v) is 5.36. The van der Waals surface area contributed by atoms with E-state index < -0.39 is 0 Å². The number of fused-ring (bicyclic) bond motifs is 1. The van der Waals surface area contributed by atoms with Crippen molar-refractivity contribution in [1.29, 1.82) is 0 Å². The standard InChI is InChI=1S/C19H26O2/c1-2-21-18-10-6-5-9-17(18)19(20)16-12-11-14-7-3-4-8-15(14)13-16/h5-6,9-10,14-16H,2-4,7-8,11-13H2,1H3. The predicted molar refractivity (Wildman–Crippen MR) is 84.7 cm³/mol. The van der Waals surface area contributed by atoms with Gasteiger partial charge in [0.15, 0.2) is 5.78 Å². The number of carbonyl (C=O) groups excluding carboxylic acids is 1. The van der Waals surface area contributed by atoms with Crippen molar-refractivity contribution in [2.45, 2.75) is 51.9 Å². The molecule has 2 nitrogen and oxygen atoms in total. The fraction of sp³-hybridized carbons (Fsp3) is 0.632. The molecule has 114 valence electrons. The van der Waals surface area contributed by atoms with Crippen molar-refractivity contribution < 1.29 is 9.53 Å². The van der Waals surface area contributed by atoms with Gasteiger partial charge < -0.3 is 4.74 Å². The van der Waals surface area contributed by atoms with Crippen LogP contribution in [0, 0.1) is 17.8 Å². The van der Waals surface area contributed by atoms with E-state index in [-0.39, 0.29) is 5.92 Å². The Bertz CT molecular complexity index is 494. The van der Waals surface area contributed by atoms with Crippen LogP contribution in [0.15, 0.2) is 24.3 Å². The molecule has 2 saturated carbocycles. The van der Waals surface area contributed by atoms with Crippen molar-refractivity contribution in [3.8, 4) is 5.75 Å². The van der Waals surface area contributed by atoms with Gasteiger partial charge in [-0.05, 0) is 50.2 Å². The molecule has 0 saturated heterocycles. The second-order valence-electron chi connectivity index (χ2n) is 6.61. The van der Waals surface area contributed by atoms with Gasteiger partial charge in [-0.1, -0.05) is 37.8 Å². The van der Waals surface area contributed by atoms with Gasteiger partial charge in [0.25, 0.3) is 0 Å². The third-order valence-electron chi connectivity index (χ3n) is 5.36. The molecule has 0 bridgehead atoms. The Morgan fingerprint density at radius 2 is 1.86 bits per heavy atom. The van der Waals surface area contributed by atoms with Gasteiger partial charge in [-0.3, -0.25) is 4.79 Å². The molecule has 0 N–H and O–H groups in total. The van der Waals surface area contributed by atoms with Crippen LogP contribution in [0.5, 0.6) is 5.75 Å². The fourth-order valence-corrected chi connectivity index (χ4v) is 4.28. The van der Waals surface area contributed by atoms with Gasteiger partial charge >= 0.3 is 0 Å². The van der Waals surface area contributed by atoms with E-state index in [4.69, 9.17) is 4.74 Å². The smallest absolute Gasteiger partial charge is 0.169 e. The van der Waals surface area contributed by atoms with Crippen LogP contribution < -0.4 is 4.74 Å². The Morgan fingerprint density at radius 1 is 1.10 bits per heavy atom. The Labute approximate surface area is 127 Å². The van der Waals surface area contributed by atoms with Gasteiger partial charge in [0, 0.05) is 5.92 Å². The lowest BCUT2D eigenvalue weighted by atomic mass is 9.66. The minimum atomic E-state index is 0.214. The molecule has 2 aliphatic carbocycles. The summed E-state index contributed by atoms with van der Waals surface area (Å²) in [7, 11) is 0. The van der Waals surface area contributed by atoms with Crippen LogP contribution >= 0.6 is 0 Å². The summed E-state index contributed by atoms with van der Waals surface area (Å²) in [6.07, 6.45) is 8.90. The molecule has 0 spiro atoms. The molecule has 1 aromatic carbocycles. The fourth-order valence-electron chi connectivity index (χ4n) is 4.28. The maximum Gasteiger partial charge on any atom is 0.169 e. The average molecular weight is 286 g/mol. The lowest BCUT2D eigenvalue weighted by molar-refractivity contribution is 0.0760. The van der Waals surface area contributed by atoms with Crippen molar-refractivity contribution in [2.24, 2.45) is 17.8 Å². The molecule has 2 fully saturated rings. The van der Waals surface area contributed by atoms with Gasteiger partial charge in [0.05, 0.1) is 12.2 Å². The number of hydrogen-bond donors (Lipinski definition) is 0. The van der Waals surface area contributed by atoms with Crippen LogP contribution in [0.4, 0.5) is 0 Å². The monoisotopic (exact) mass is 286 g/mol. The number of rotatable bonds is 4. The van der Waals surface area contributed by atoms with Gasteiger partial charge in [-0.2, -0.15) is 0 Å². The number of carbonyl (C=O) groups is 1. The third kappa shape index (κ3) is 3.14. The Hall–Kier alpha value is -1.31. The summed E-state index contributed by atoms with van der Waals surface area (Å²) in [4.78, 5) is 12.9. The zero-order chi connectivity index (χ0) is 14.7. The van der Waals surface area contributed by atoms with Crippen molar-refractivity contribution >= 4 is 5.78 Å². The molecule has 0 radical (unpaired) electrons. The molecular formula is C19H26O2. The Morgan fingerprint density at radius 3 is 2.67 bits per heavy atom. The van der Waals surface area contributed by atoms with E-state index >= 15 is 0 Å². The molecule has 0 heterocycles. The van der Waals surface area contributed by atoms with Crippen LogP contribution in [0.2, 0.25) is 0 Å². The SMILES string of the molecule is CCOc1ccccc1C(=O)C1CCC2CCCCC2C1. The summed E-state index contributed by atoms with van der Waals surface area (Å²) in [6.45, 7) is 2.58. The second-order valence-corrected chi connectivity index (χ2v) is 6.61. The zero-order valence-corrected chi connectivity index (χ0v) is 13.0. The lowest BCUT2D eigenvalue weighted by Crippen LogP contribution is -2.31. The molecule has 1 aromatic rings. The molecule has 3 atom stereocenters. The first-order valence-corrected chi connectivity index (χ1v) is 8.55. The molecular weight excluding hydrogens is 260 g/mol. The highest BCUT2D eigenvalue weighted by atomic mass is 16.5. The summed E-state index contributed by atoms with van der Waals surface area (Å²) in [6, 6.07) is 7.74. The Kier molecular flexibility index (Phi) is 4.62. The van der Waals surface area contributed by atoms with Crippen LogP contribution in [0.1, 0.15) is 62.2 Å². The largest absolute Gasteiger partial charge is 0.493 e. The minimum absolute atomic E-state index is 0.214. The van der Waals surface area contributed by atoms with E-state index in [1.165, 1.54) is 32.1 Å². The molecule has 21 heavy (non-hydrogen) atoms. The van der Waals surface area contributed by atoms with Gasteiger partial charge in [-0.25, -0.2) is 0 Å². The van der Waals surface area contributed by atoms with E-state index in [0.29, 0.717) is 12.4 Å². The average Bonchev–Trinajstić information content (AvgIpc) is 2.54. The van der Waals surface area contributed by atoms with E-state index in [2.05, 4.69) is 0 Å². The van der Waals surface area contributed by atoms with Crippen LogP contribution in [0.3, 0.4) is 0 Å². The first-order chi connectivity index (χ1) is 10.3. The van der Waals surface area contributed by atoms with Gasteiger partial charge in [-0.15, -0.1) is 0 Å². The summed E-state index contributed by atoms with van der Waals surface area (Å²) in [5, 5.41) is 0. The number of Topliss-reactive ketones (excluding diaryl/α,β-unsaturated/α-hetero) is 1.